The van der Waals surface area contributed by atoms with Gasteiger partial charge in [-0.2, -0.15) is 0 Å². The first-order valence-corrected chi connectivity index (χ1v) is 6.01. The van der Waals surface area contributed by atoms with E-state index in [2.05, 4.69) is 38.1 Å². The van der Waals surface area contributed by atoms with Crippen LogP contribution < -0.4 is 0 Å². The van der Waals surface area contributed by atoms with Crippen LogP contribution in [0.1, 0.15) is 50.3 Å². The minimum Gasteiger partial charge on any atom is -0.264 e. The maximum absolute atomic E-state index is 4.38. The van der Waals surface area contributed by atoms with Crippen molar-refractivity contribution in [1.29, 1.82) is 0 Å². The second-order valence-electron chi connectivity index (χ2n) is 5.88. The molecule has 1 heterocycles. The number of hydrogen-bond acceptors (Lipinski definition) is 1. The maximum Gasteiger partial charge on any atom is 0.0303 e. The van der Waals surface area contributed by atoms with Crippen LogP contribution in [0.25, 0.3) is 0 Å². The fraction of sp³-hybridized carbons (Fsp3) is 0.643. The smallest absolute Gasteiger partial charge is 0.0303 e. The number of nitrogens with zero attached hydrogens (tertiary/aromatic N) is 1. The second-order valence-corrected chi connectivity index (χ2v) is 5.88. The first-order valence-electron chi connectivity index (χ1n) is 6.01. The molecule has 1 nitrogen and oxygen atoms in total. The lowest BCUT2D eigenvalue weighted by Gasteiger charge is -2.23. The molecule has 1 aromatic heterocycles. The highest BCUT2D eigenvalue weighted by atomic mass is 14.6. The Kier molecular flexibility index (Phi) is 2.81. The Morgan fingerprint density at radius 2 is 1.87 bits per heavy atom. The summed E-state index contributed by atoms with van der Waals surface area (Å²) >= 11 is 0. The molecular formula is C14H21N. The van der Waals surface area contributed by atoms with Crippen molar-refractivity contribution in [2.75, 3.05) is 0 Å². The Balaban J connectivity index is 2.31. The summed E-state index contributed by atoms with van der Waals surface area (Å²) in [6, 6.07) is 0. The van der Waals surface area contributed by atoms with E-state index in [9.17, 15) is 0 Å². The van der Waals surface area contributed by atoms with E-state index in [0.29, 0.717) is 5.41 Å². The Labute approximate surface area is 92.9 Å². The van der Waals surface area contributed by atoms with Crippen LogP contribution in [-0.4, -0.2) is 4.98 Å². The molecule has 0 spiro atoms. The van der Waals surface area contributed by atoms with E-state index in [-0.39, 0.29) is 0 Å². The van der Waals surface area contributed by atoms with Crippen LogP contribution in [0.2, 0.25) is 0 Å². The summed E-state index contributed by atoms with van der Waals surface area (Å²) in [5.41, 5.74) is 4.96. The standard InChI is InChI=1S/C14H21N/c1-14(2,3)8-12-10-15-9-11-6-4-5-7-13(11)12/h9-10H,4-8H2,1-3H3. The molecule has 0 amide bonds. The number of rotatable bonds is 1. The lowest BCUT2D eigenvalue weighted by molar-refractivity contribution is 0.408. The largest absolute Gasteiger partial charge is 0.264 e. The predicted molar refractivity (Wildman–Crippen MR) is 64.0 cm³/mol. The number of fused-ring (bicyclic) bond motifs is 1. The fourth-order valence-electron chi connectivity index (χ4n) is 2.46. The average Bonchev–Trinajstić information content (AvgIpc) is 2.16. The zero-order chi connectivity index (χ0) is 10.9. The zero-order valence-corrected chi connectivity index (χ0v) is 10.1. The van der Waals surface area contributed by atoms with Crippen LogP contribution in [0.3, 0.4) is 0 Å². The van der Waals surface area contributed by atoms with Crippen LogP contribution in [0.5, 0.6) is 0 Å². The van der Waals surface area contributed by atoms with Crippen LogP contribution in [0, 0.1) is 5.41 Å². The summed E-state index contributed by atoms with van der Waals surface area (Å²) in [5, 5.41) is 0. The summed E-state index contributed by atoms with van der Waals surface area (Å²) in [6.45, 7) is 6.90. The number of aryl methyl sites for hydroxylation is 1. The van der Waals surface area contributed by atoms with Gasteiger partial charge >= 0.3 is 0 Å². The van der Waals surface area contributed by atoms with Gasteiger partial charge in [-0.1, -0.05) is 20.8 Å². The topological polar surface area (TPSA) is 12.9 Å². The SMILES string of the molecule is CC(C)(C)Cc1cncc2c1CCCC2. The van der Waals surface area contributed by atoms with E-state index in [1.807, 2.05) is 0 Å². The molecule has 2 rings (SSSR count). The van der Waals surface area contributed by atoms with Crippen molar-refractivity contribution in [2.45, 2.75) is 52.9 Å². The molecule has 1 aliphatic carbocycles. The normalized spacial score (nSPS) is 16.2. The monoisotopic (exact) mass is 203 g/mol. The van der Waals surface area contributed by atoms with Crippen LogP contribution in [-0.2, 0) is 19.3 Å². The number of aromatic nitrogens is 1. The third kappa shape index (κ3) is 2.58. The van der Waals surface area contributed by atoms with Crippen molar-refractivity contribution >= 4 is 0 Å². The van der Waals surface area contributed by atoms with E-state index < -0.39 is 0 Å². The van der Waals surface area contributed by atoms with Crippen molar-refractivity contribution < 1.29 is 0 Å². The lowest BCUT2D eigenvalue weighted by Crippen LogP contribution is -2.14. The highest BCUT2D eigenvalue weighted by Gasteiger charge is 2.18. The van der Waals surface area contributed by atoms with Gasteiger partial charge in [0.15, 0.2) is 0 Å². The zero-order valence-electron chi connectivity index (χ0n) is 10.1. The third-order valence-electron chi connectivity index (χ3n) is 3.08. The van der Waals surface area contributed by atoms with Gasteiger partial charge in [0.2, 0.25) is 0 Å². The van der Waals surface area contributed by atoms with Crippen molar-refractivity contribution in [2.24, 2.45) is 5.41 Å². The van der Waals surface area contributed by atoms with Crippen molar-refractivity contribution in [3.05, 3.63) is 29.1 Å². The molecule has 0 aromatic carbocycles. The number of pyridine rings is 1. The predicted octanol–water partition coefficient (Wildman–Crippen LogP) is 3.55. The van der Waals surface area contributed by atoms with Gasteiger partial charge < -0.3 is 0 Å². The molecule has 15 heavy (non-hydrogen) atoms. The molecule has 0 fully saturated rings. The molecule has 1 aliphatic rings. The summed E-state index contributed by atoms with van der Waals surface area (Å²) in [4.78, 5) is 4.38. The van der Waals surface area contributed by atoms with Gasteiger partial charge in [-0.05, 0) is 54.2 Å². The molecule has 82 valence electrons. The quantitative estimate of drug-likeness (QED) is 0.680. The molecule has 0 unspecified atom stereocenters. The molecule has 1 aromatic rings. The summed E-state index contributed by atoms with van der Waals surface area (Å²) < 4.78 is 0. The minimum absolute atomic E-state index is 0.369. The first-order chi connectivity index (χ1) is 7.06. The molecule has 0 aliphatic heterocycles. The molecule has 0 saturated carbocycles. The highest BCUT2D eigenvalue weighted by molar-refractivity contribution is 5.34. The molecule has 0 radical (unpaired) electrons. The second kappa shape index (κ2) is 3.96. The van der Waals surface area contributed by atoms with Crippen LogP contribution >= 0.6 is 0 Å². The van der Waals surface area contributed by atoms with Gasteiger partial charge in [0, 0.05) is 12.4 Å². The van der Waals surface area contributed by atoms with Gasteiger partial charge in [-0.3, -0.25) is 4.98 Å². The van der Waals surface area contributed by atoms with E-state index >= 15 is 0 Å². The van der Waals surface area contributed by atoms with Gasteiger partial charge in [0.05, 0.1) is 0 Å². The first kappa shape index (κ1) is 10.7. The van der Waals surface area contributed by atoms with Crippen LogP contribution in [0.15, 0.2) is 12.4 Å². The molecule has 0 bridgehead atoms. The van der Waals surface area contributed by atoms with Gasteiger partial charge in [-0.25, -0.2) is 0 Å². The molecule has 1 heteroatoms. The molecular weight excluding hydrogens is 182 g/mol. The van der Waals surface area contributed by atoms with Crippen molar-refractivity contribution in [3.8, 4) is 0 Å². The Bertz CT molecular complexity index is 347. The molecule has 0 saturated heterocycles. The lowest BCUT2D eigenvalue weighted by atomic mass is 9.82. The van der Waals surface area contributed by atoms with Gasteiger partial charge in [0.1, 0.15) is 0 Å². The Morgan fingerprint density at radius 1 is 1.13 bits per heavy atom. The summed E-state index contributed by atoms with van der Waals surface area (Å²) in [5.74, 6) is 0. The Morgan fingerprint density at radius 3 is 2.60 bits per heavy atom. The van der Waals surface area contributed by atoms with Crippen LogP contribution in [0.4, 0.5) is 0 Å². The highest BCUT2D eigenvalue weighted by Crippen LogP contribution is 2.28. The van der Waals surface area contributed by atoms with E-state index in [1.54, 1.807) is 5.56 Å². The minimum atomic E-state index is 0.369. The van der Waals surface area contributed by atoms with Crippen molar-refractivity contribution in [1.82, 2.24) is 4.98 Å². The maximum atomic E-state index is 4.38. The molecule has 0 atom stereocenters. The third-order valence-corrected chi connectivity index (χ3v) is 3.08. The van der Waals surface area contributed by atoms with E-state index in [0.717, 1.165) is 6.42 Å². The fourth-order valence-corrected chi connectivity index (χ4v) is 2.46. The van der Waals surface area contributed by atoms with E-state index in [4.69, 9.17) is 0 Å². The number of hydrogen-bond donors (Lipinski definition) is 0. The van der Waals surface area contributed by atoms with Gasteiger partial charge in [0.25, 0.3) is 0 Å². The van der Waals surface area contributed by atoms with Gasteiger partial charge in [-0.15, -0.1) is 0 Å². The Hall–Kier alpha value is -0.850. The van der Waals surface area contributed by atoms with E-state index in [1.165, 1.54) is 36.8 Å². The van der Waals surface area contributed by atoms with Crippen molar-refractivity contribution in [3.63, 3.8) is 0 Å². The average molecular weight is 203 g/mol. The summed E-state index contributed by atoms with van der Waals surface area (Å²) in [7, 11) is 0. The molecule has 0 N–H and O–H groups in total. The summed E-state index contributed by atoms with van der Waals surface area (Å²) in [6.07, 6.45) is 10.5.